The van der Waals surface area contributed by atoms with E-state index >= 15 is 0 Å². The van der Waals surface area contributed by atoms with Crippen molar-refractivity contribution in [2.75, 3.05) is 0 Å². The zero-order valence-corrected chi connectivity index (χ0v) is 11.4. The van der Waals surface area contributed by atoms with Gasteiger partial charge in [0.25, 0.3) is 0 Å². The SMILES string of the molecule is CCC(NCc1cnc2ccccc2n1)c1ncc[nH]1. The second kappa shape index (κ2) is 5.79. The molecule has 2 N–H and O–H groups in total. The molecule has 0 saturated carbocycles. The summed E-state index contributed by atoms with van der Waals surface area (Å²) in [7, 11) is 0. The van der Waals surface area contributed by atoms with Crippen molar-refractivity contribution in [3.63, 3.8) is 0 Å². The van der Waals surface area contributed by atoms with Crippen molar-refractivity contribution in [1.82, 2.24) is 25.3 Å². The standard InChI is InChI=1S/C15H17N5/c1-2-12(15-16-7-8-17-15)18-9-11-10-19-13-5-3-4-6-14(13)20-11/h3-8,10,12,18H,2,9H2,1H3,(H,16,17). The van der Waals surface area contributed by atoms with Crippen molar-refractivity contribution in [1.29, 1.82) is 0 Å². The van der Waals surface area contributed by atoms with E-state index < -0.39 is 0 Å². The maximum Gasteiger partial charge on any atom is 0.123 e. The largest absolute Gasteiger partial charge is 0.347 e. The second-order valence-electron chi connectivity index (χ2n) is 4.67. The summed E-state index contributed by atoms with van der Waals surface area (Å²) in [5, 5.41) is 3.46. The number of para-hydroxylation sites is 2. The lowest BCUT2D eigenvalue weighted by Gasteiger charge is -2.14. The molecule has 3 rings (SSSR count). The molecule has 0 aliphatic heterocycles. The Morgan fingerprint density at radius 1 is 1.20 bits per heavy atom. The van der Waals surface area contributed by atoms with Crippen LogP contribution in [0.25, 0.3) is 11.0 Å². The molecular weight excluding hydrogens is 250 g/mol. The van der Waals surface area contributed by atoms with E-state index in [0.29, 0.717) is 6.54 Å². The first kappa shape index (κ1) is 12.7. The molecule has 5 nitrogen and oxygen atoms in total. The molecule has 0 fully saturated rings. The number of hydrogen-bond acceptors (Lipinski definition) is 4. The van der Waals surface area contributed by atoms with Crippen LogP contribution >= 0.6 is 0 Å². The van der Waals surface area contributed by atoms with E-state index in [0.717, 1.165) is 29.0 Å². The van der Waals surface area contributed by atoms with E-state index in [-0.39, 0.29) is 6.04 Å². The average molecular weight is 267 g/mol. The fourth-order valence-electron chi connectivity index (χ4n) is 2.21. The highest BCUT2D eigenvalue weighted by Gasteiger charge is 2.11. The summed E-state index contributed by atoms with van der Waals surface area (Å²) in [6.45, 7) is 2.81. The van der Waals surface area contributed by atoms with Crippen molar-refractivity contribution in [2.24, 2.45) is 0 Å². The van der Waals surface area contributed by atoms with E-state index in [9.17, 15) is 0 Å². The minimum Gasteiger partial charge on any atom is -0.347 e. The van der Waals surface area contributed by atoms with Crippen LogP contribution in [-0.4, -0.2) is 19.9 Å². The summed E-state index contributed by atoms with van der Waals surface area (Å²) in [5.41, 5.74) is 2.79. The predicted octanol–water partition coefficient (Wildman–Crippen LogP) is 2.59. The summed E-state index contributed by atoms with van der Waals surface area (Å²) in [6.07, 6.45) is 6.41. The number of imidazole rings is 1. The van der Waals surface area contributed by atoms with Crippen LogP contribution in [-0.2, 0) is 6.54 Å². The van der Waals surface area contributed by atoms with Crippen LogP contribution in [0.2, 0.25) is 0 Å². The smallest absolute Gasteiger partial charge is 0.123 e. The number of rotatable bonds is 5. The molecule has 0 aliphatic rings. The summed E-state index contributed by atoms with van der Waals surface area (Å²) in [6, 6.07) is 8.11. The van der Waals surface area contributed by atoms with Crippen molar-refractivity contribution in [3.05, 3.63) is 54.4 Å². The molecule has 1 atom stereocenters. The quantitative estimate of drug-likeness (QED) is 0.745. The molecule has 20 heavy (non-hydrogen) atoms. The highest BCUT2D eigenvalue weighted by atomic mass is 15.0. The summed E-state index contributed by atoms with van der Waals surface area (Å²) >= 11 is 0. The Kier molecular flexibility index (Phi) is 3.69. The Morgan fingerprint density at radius 3 is 2.80 bits per heavy atom. The number of nitrogens with zero attached hydrogens (tertiary/aromatic N) is 3. The molecule has 0 amide bonds. The highest BCUT2D eigenvalue weighted by Crippen LogP contribution is 2.13. The fraction of sp³-hybridized carbons (Fsp3) is 0.267. The van der Waals surface area contributed by atoms with Crippen LogP contribution < -0.4 is 5.32 Å². The van der Waals surface area contributed by atoms with Crippen LogP contribution in [0.1, 0.15) is 30.9 Å². The number of hydrogen-bond donors (Lipinski definition) is 2. The van der Waals surface area contributed by atoms with Crippen LogP contribution in [0.15, 0.2) is 42.9 Å². The first-order valence-corrected chi connectivity index (χ1v) is 6.80. The number of benzene rings is 1. The van der Waals surface area contributed by atoms with Crippen LogP contribution in [0, 0.1) is 0 Å². The van der Waals surface area contributed by atoms with Crippen molar-refractivity contribution in [3.8, 4) is 0 Å². The molecule has 1 aromatic carbocycles. The summed E-state index contributed by atoms with van der Waals surface area (Å²) in [5.74, 6) is 0.959. The van der Waals surface area contributed by atoms with Gasteiger partial charge in [-0.25, -0.2) is 9.97 Å². The number of fused-ring (bicyclic) bond motifs is 1. The molecule has 3 aromatic rings. The minimum atomic E-state index is 0.207. The van der Waals surface area contributed by atoms with Gasteiger partial charge in [-0.15, -0.1) is 0 Å². The average Bonchev–Trinajstić information content (AvgIpc) is 3.02. The highest BCUT2D eigenvalue weighted by molar-refractivity contribution is 5.73. The first-order valence-electron chi connectivity index (χ1n) is 6.80. The lowest BCUT2D eigenvalue weighted by Crippen LogP contribution is -2.22. The van der Waals surface area contributed by atoms with Gasteiger partial charge >= 0.3 is 0 Å². The molecule has 102 valence electrons. The molecule has 0 bridgehead atoms. The number of H-pyrrole nitrogens is 1. The zero-order chi connectivity index (χ0) is 13.8. The van der Waals surface area contributed by atoms with Gasteiger partial charge in [0.1, 0.15) is 5.82 Å². The van der Waals surface area contributed by atoms with Gasteiger partial charge < -0.3 is 10.3 Å². The van der Waals surface area contributed by atoms with Gasteiger partial charge in [0.05, 0.1) is 29.0 Å². The number of aromatic nitrogens is 4. The molecule has 0 aliphatic carbocycles. The number of nitrogens with one attached hydrogen (secondary N) is 2. The first-order chi connectivity index (χ1) is 9.86. The Bertz CT molecular complexity index is 678. The minimum absolute atomic E-state index is 0.207. The Morgan fingerprint density at radius 2 is 2.05 bits per heavy atom. The number of aromatic amines is 1. The van der Waals surface area contributed by atoms with Gasteiger partial charge in [-0.3, -0.25) is 4.98 Å². The molecule has 2 aromatic heterocycles. The third-order valence-electron chi connectivity index (χ3n) is 3.29. The fourth-order valence-corrected chi connectivity index (χ4v) is 2.21. The van der Waals surface area contributed by atoms with E-state index in [4.69, 9.17) is 0 Å². The van der Waals surface area contributed by atoms with Crippen LogP contribution in [0.3, 0.4) is 0 Å². The zero-order valence-electron chi connectivity index (χ0n) is 11.4. The topological polar surface area (TPSA) is 66.5 Å². The van der Waals surface area contributed by atoms with E-state index in [1.165, 1.54) is 0 Å². The Hall–Kier alpha value is -2.27. The molecule has 1 unspecified atom stereocenters. The van der Waals surface area contributed by atoms with E-state index in [1.807, 2.05) is 36.7 Å². The predicted molar refractivity (Wildman–Crippen MR) is 78.0 cm³/mol. The third kappa shape index (κ3) is 2.67. The van der Waals surface area contributed by atoms with Gasteiger partial charge in [0.2, 0.25) is 0 Å². The van der Waals surface area contributed by atoms with Gasteiger partial charge in [0, 0.05) is 18.9 Å². The third-order valence-corrected chi connectivity index (χ3v) is 3.29. The van der Waals surface area contributed by atoms with E-state index in [1.54, 1.807) is 6.20 Å². The van der Waals surface area contributed by atoms with Gasteiger partial charge in [-0.2, -0.15) is 0 Å². The molecule has 5 heteroatoms. The lowest BCUT2D eigenvalue weighted by molar-refractivity contribution is 0.493. The van der Waals surface area contributed by atoms with Crippen molar-refractivity contribution in [2.45, 2.75) is 25.9 Å². The van der Waals surface area contributed by atoms with Gasteiger partial charge in [-0.05, 0) is 18.6 Å². The van der Waals surface area contributed by atoms with Crippen molar-refractivity contribution < 1.29 is 0 Å². The maximum atomic E-state index is 4.61. The van der Waals surface area contributed by atoms with Crippen LogP contribution in [0.5, 0.6) is 0 Å². The van der Waals surface area contributed by atoms with Crippen LogP contribution in [0.4, 0.5) is 0 Å². The van der Waals surface area contributed by atoms with Gasteiger partial charge in [0.15, 0.2) is 0 Å². The normalized spacial score (nSPS) is 12.7. The van der Waals surface area contributed by atoms with Crippen molar-refractivity contribution >= 4 is 11.0 Å². The maximum absolute atomic E-state index is 4.61. The monoisotopic (exact) mass is 267 g/mol. The van der Waals surface area contributed by atoms with E-state index in [2.05, 4.69) is 32.2 Å². The summed E-state index contributed by atoms with van der Waals surface area (Å²) < 4.78 is 0. The summed E-state index contributed by atoms with van der Waals surface area (Å²) in [4.78, 5) is 16.5. The second-order valence-corrected chi connectivity index (χ2v) is 4.67. The molecule has 2 heterocycles. The molecule has 0 spiro atoms. The molecular formula is C15H17N5. The lowest BCUT2D eigenvalue weighted by atomic mass is 10.2. The molecule has 0 radical (unpaired) electrons. The van der Waals surface area contributed by atoms with Gasteiger partial charge in [-0.1, -0.05) is 19.1 Å². The Balaban J connectivity index is 1.73. The molecule has 0 saturated heterocycles. The Labute approximate surface area is 117 Å².